The minimum atomic E-state index is 0.337. The zero-order valence-electron chi connectivity index (χ0n) is 16.3. The lowest BCUT2D eigenvalue weighted by Crippen LogP contribution is -2.13. The van der Waals surface area contributed by atoms with Crippen LogP contribution in [0.25, 0.3) is 0 Å². The van der Waals surface area contributed by atoms with Crippen LogP contribution in [0, 0.1) is 24.2 Å². The summed E-state index contributed by atoms with van der Waals surface area (Å²) >= 11 is 0. The van der Waals surface area contributed by atoms with E-state index in [2.05, 4.69) is 63.1 Å². The van der Waals surface area contributed by atoms with Crippen LogP contribution in [-0.2, 0) is 0 Å². The SMILES string of the molecule is C#C/C=C(\CCC)CCC(/C=C(\N)C(/C=C\C)CC)C1=CC=CCC1. The van der Waals surface area contributed by atoms with E-state index in [9.17, 15) is 0 Å². The quantitative estimate of drug-likeness (QED) is 0.359. The molecule has 1 aliphatic rings. The zero-order chi connectivity index (χ0) is 18.5. The predicted octanol–water partition coefficient (Wildman–Crippen LogP) is 6.46. The second-order valence-corrected chi connectivity index (χ2v) is 6.78. The monoisotopic (exact) mass is 337 g/mol. The van der Waals surface area contributed by atoms with E-state index < -0.39 is 0 Å². The lowest BCUT2D eigenvalue weighted by Gasteiger charge is -2.22. The van der Waals surface area contributed by atoms with Gasteiger partial charge in [0.2, 0.25) is 0 Å². The fraction of sp³-hybridized carbons (Fsp3) is 0.500. The summed E-state index contributed by atoms with van der Waals surface area (Å²) < 4.78 is 0. The van der Waals surface area contributed by atoms with Crippen molar-refractivity contribution in [3.8, 4) is 12.3 Å². The van der Waals surface area contributed by atoms with Gasteiger partial charge in [-0.2, -0.15) is 0 Å². The van der Waals surface area contributed by atoms with Crippen LogP contribution in [0.1, 0.15) is 65.7 Å². The van der Waals surface area contributed by atoms with Crippen LogP contribution in [0.15, 0.2) is 59.4 Å². The van der Waals surface area contributed by atoms with Gasteiger partial charge in [-0.15, -0.1) is 6.42 Å². The van der Waals surface area contributed by atoms with E-state index in [1.54, 1.807) is 0 Å². The number of hydrogen-bond acceptors (Lipinski definition) is 1. The van der Waals surface area contributed by atoms with Crippen molar-refractivity contribution in [1.29, 1.82) is 0 Å². The summed E-state index contributed by atoms with van der Waals surface area (Å²) in [6.07, 6.45) is 28.4. The normalized spacial score (nSPS) is 18.1. The Balaban J connectivity index is 2.97. The van der Waals surface area contributed by atoms with Gasteiger partial charge in [-0.3, -0.25) is 0 Å². The molecule has 2 N–H and O–H groups in total. The van der Waals surface area contributed by atoms with Crippen LogP contribution in [0.5, 0.6) is 0 Å². The maximum Gasteiger partial charge on any atom is 0.0158 e. The van der Waals surface area contributed by atoms with Crippen molar-refractivity contribution in [3.05, 3.63) is 59.4 Å². The summed E-state index contributed by atoms with van der Waals surface area (Å²) in [5.74, 6) is 3.45. The van der Waals surface area contributed by atoms with Crippen molar-refractivity contribution in [2.75, 3.05) is 0 Å². The largest absolute Gasteiger partial charge is 0.402 e. The van der Waals surface area contributed by atoms with Crippen molar-refractivity contribution in [2.24, 2.45) is 17.6 Å². The average Bonchev–Trinajstić information content (AvgIpc) is 2.63. The highest BCUT2D eigenvalue weighted by Crippen LogP contribution is 2.30. The van der Waals surface area contributed by atoms with E-state index in [4.69, 9.17) is 12.2 Å². The third-order valence-electron chi connectivity index (χ3n) is 4.84. The van der Waals surface area contributed by atoms with Crippen molar-refractivity contribution >= 4 is 0 Å². The molecule has 2 atom stereocenters. The highest BCUT2D eigenvalue weighted by atomic mass is 14.6. The Morgan fingerprint density at radius 2 is 2.16 bits per heavy atom. The molecule has 0 fully saturated rings. The van der Waals surface area contributed by atoms with E-state index in [-0.39, 0.29) is 0 Å². The molecule has 0 heterocycles. The van der Waals surface area contributed by atoms with Gasteiger partial charge in [0.25, 0.3) is 0 Å². The minimum Gasteiger partial charge on any atom is -0.402 e. The Kier molecular flexibility index (Phi) is 10.5. The van der Waals surface area contributed by atoms with Gasteiger partial charge >= 0.3 is 0 Å². The lowest BCUT2D eigenvalue weighted by atomic mass is 9.85. The smallest absolute Gasteiger partial charge is 0.0158 e. The predicted molar refractivity (Wildman–Crippen MR) is 112 cm³/mol. The van der Waals surface area contributed by atoms with Crippen molar-refractivity contribution in [1.82, 2.24) is 0 Å². The Bertz CT molecular complexity index is 578. The van der Waals surface area contributed by atoms with E-state index in [0.29, 0.717) is 11.8 Å². The Labute approximate surface area is 155 Å². The fourth-order valence-corrected chi connectivity index (χ4v) is 3.43. The molecule has 2 unspecified atom stereocenters. The number of terminal acetylenes is 1. The fourth-order valence-electron chi connectivity index (χ4n) is 3.43. The van der Waals surface area contributed by atoms with E-state index in [0.717, 1.165) is 50.6 Å². The summed E-state index contributed by atoms with van der Waals surface area (Å²) in [5, 5.41) is 0. The van der Waals surface area contributed by atoms with Gasteiger partial charge in [-0.05, 0) is 51.5 Å². The van der Waals surface area contributed by atoms with Gasteiger partial charge in [0.1, 0.15) is 0 Å². The summed E-state index contributed by atoms with van der Waals surface area (Å²) in [6, 6.07) is 0. The number of rotatable bonds is 10. The maximum atomic E-state index is 6.46. The Hall–Kier alpha value is -1.94. The summed E-state index contributed by atoms with van der Waals surface area (Å²) in [6.45, 7) is 6.46. The first-order valence-electron chi connectivity index (χ1n) is 9.75. The van der Waals surface area contributed by atoms with Gasteiger partial charge < -0.3 is 5.73 Å². The first-order chi connectivity index (χ1) is 12.2. The van der Waals surface area contributed by atoms with Crippen LogP contribution in [0.3, 0.4) is 0 Å². The zero-order valence-corrected chi connectivity index (χ0v) is 16.3. The molecular weight excluding hydrogens is 302 g/mol. The molecule has 1 aliphatic carbocycles. The first kappa shape index (κ1) is 21.1. The average molecular weight is 338 g/mol. The second-order valence-electron chi connectivity index (χ2n) is 6.78. The number of nitrogens with two attached hydrogens (primary N) is 1. The molecule has 1 heteroatoms. The van der Waals surface area contributed by atoms with Crippen LogP contribution in [0.2, 0.25) is 0 Å². The molecule has 0 aromatic heterocycles. The summed E-state index contributed by atoms with van der Waals surface area (Å²) in [5.41, 5.74) is 10.3. The maximum absolute atomic E-state index is 6.46. The molecule has 0 aliphatic heterocycles. The molecular formula is C24H35N. The Morgan fingerprint density at radius 3 is 2.72 bits per heavy atom. The molecule has 136 valence electrons. The lowest BCUT2D eigenvalue weighted by molar-refractivity contribution is 0.610. The van der Waals surface area contributed by atoms with Crippen LogP contribution < -0.4 is 5.73 Å². The van der Waals surface area contributed by atoms with E-state index in [1.165, 1.54) is 11.1 Å². The van der Waals surface area contributed by atoms with Gasteiger partial charge in [0.05, 0.1) is 0 Å². The minimum absolute atomic E-state index is 0.337. The van der Waals surface area contributed by atoms with E-state index in [1.807, 2.05) is 6.08 Å². The highest BCUT2D eigenvalue weighted by molar-refractivity contribution is 5.26. The second kappa shape index (κ2) is 12.4. The third-order valence-corrected chi connectivity index (χ3v) is 4.84. The van der Waals surface area contributed by atoms with Gasteiger partial charge in [-0.25, -0.2) is 0 Å². The molecule has 0 amide bonds. The molecule has 25 heavy (non-hydrogen) atoms. The molecule has 0 spiro atoms. The first-order valence-corrected chi connectivity index (χ1v) is 9.75. The molecule has 0 bridgehead atoms. The van der Waals surface area contributed by atoms with Crippen LogP contribution in [0.4, 0.5) is 0 Å². The molecule has 0 radical (unpaired) electrons. The molecule has 0 saturated carbocycles. The van der Waals surface area contributed by atoms with Crippen molar-refractivity contribution < 1.29 is 0 Å². The van der Waals surface area contributed by atoms with E-state index >= 15 is 0 Å². The van der Waals surface area contributed by atoms with Gasteiger partial charge in [0.15, 0.2) is 0 Å². The van der Waals surface area contributed by atoms with Gasteiger partial charge in [0, 0.05) is 17.5 Å². The molecule has 0 saturated heterocycles. The molecule has 0 aromatic rings. The van der Waals surface area contributed by atoms with Crippen LogP contribution >= 0.6 is 0 Å². The molecule has 0 aromatic carbocycles. The molecule has 1 rings (SSSR count). The van der Waals surface area contributed by atoms with Crippen molar-refractivity contribution in [2.45, 2.75) is 65.7 Å². The van der Waals surface area contributed by atoms with Crippen molar-refractivity contribution in [3.63, 3.8) is 0 Å². The highest BCUT2D eigenvalue weighted by Gasteiger charge is 2.16. The molecule has 1 nitrogen and oxygen atoms in total. The number of allylic oxidation sites excluding steroid dienone is 9. The standard InChI is InChI=1S/C24H35N/c1-5-12-20(13-6-2)17-18-23(22-15-10-9-11-16-22)19-24(25)21(8-4)14-7-3/h1,7,9-10,12,14-15,19,21,23H,6,8,11,13,16-18,25H2,2-4H3/b14-7-,20-12+,24-19-. The Morgan fingerprint density at radius 1 is 1.36 bits per heavy atom. The summed E-state index contributed by atoms with van der Waals surface area (Å²) in [7, 11) is 0. The summed E-state index contributed by atoms with van der Waals surface area (Å²) in [4.78, 5) is 0. The van der Waals surface area contributed by atoms with Crippen LogP contribution in [-0.4, -0.2) is 0 Å². The number of hydrogen-bond donors (Lipinski definition) is 1. The third kappa shape index (κ3) is 7.65. The van der Waals surface area contributed by atoms with Gasteiger partial charge in [-0.1, -0.05) is 73.8 Å². The topological polar surface area (TPSA) is 26.0 Å².